The molecule has 1 aromatic carbocycles. The van der Waals surface area contributed by atoms with E-state index in [0.717, 1.165) is 11.4 Å². The number of nitrogens with one attached hydrogen (secondary N) is 2. The van der Waals surface area contributed by atoms with Gasteiger partial charge in [0, 0.05) is 11.2 Å². The van der Waals surface area contributed by atoms with Crippen LogP contribution in [0.25, 0.3) is 0 Å². The number of aromatic nitrogens is 1. The molecule has 0 atom stereocenters. The van der Waals surface area contributed by atoms with Crippen LogP contribution in [0.15, 0.2) is 47.7 Å². The van der Waals surface area contributed by atoms with Gasteiger partial charge in [-0.1, -0.05) is 17.7 Å². The average Bonchev–Trinajstić information content (AvgIpc) is 2.71. The highest BCUT2D eigenvalue weighted by Crippen LogP contribution is 2.14. The maximum Gasteiger partial charge on any atom is 0.0707 e. The molecule has 2 rings (SSSR count). The van der Waals surface area contributed by atoms with Gasteiger partial charge in [0.25, 0.3) is 0 Å². The molecule has 4 heteroatoms. The van der Waals surface area contributed by atoms with Crippen LogP contribution >= 0.6 is 11.6 Å². The fourth-order valence-corrected chi connectivity index (χ4v) is 1.35. The second-order valence-electron chi connectivity index (χ2n) is 3.01. The van der Waals surface area contributed by atoms with Crippen LogP contribution in [0.4, 0.5) is 5.69 Å². The summed E-state index contributed by atoms with van der Waals surface area (Å²) in [7, 11) is 0. The molecule has 0 aliphatic carbocycles. The van der Waals surface area contributed by atoms with Crippen LogP contribution < -0.4 is 5.43 Å². The summed E-state index contributed by atoms with van der Waals surface area (Å²) in [4.78, 5) is 3.02. The van der Waals surface area contributed by atoms with Gasteiger partial charge in [-0.05, 0) is 30.3 Å². The van der Waals surface area contributed by atoms with E-state index >= 15 is 0 Å². The van der Waals surface area contributed by atoms with E-state index in [1.807, 2.05) is 42.6 Å². The Morgan fingerprint density at radius 2 is 2.20 bits per heavy atom. The van der Waals surface area contributed by atoms with Crippen molar-refractivity contribution in [2.24, 2.45) is 5.10 Å². The fourth-order valence-electron chi connectivity index (χ4n) is 1.16. The predicted molar refractivity (Wildman–Crippen MR) is 63.5 cm³/mol. The van der Waals surface area contributed by atoms with Gasteiger partial charge in [0.05, 0.1) is 17.6 Å². The Morgan fingerprint density at radius 3 is 2.93 bits per heavy atom. The molecule has 0 fully saturated rings. The van der Waals surface area contributed by atoms with Gasteiger partial charge in [-0.15, -0.1) is 0 Å². The molecule has 3 nitrogen and oxygen atoms in total. The molecule has 15 heavy (non-hydrogen) atoms. The zero-order valence-electron chi connectivity index (χ0n) is 7.94. The highest BCUT2D eigenvalue weighted by molar-refractivity contribution is 6.30. The Labute approximate surface area is 92.8 Å². The number of rotatable bonds is 3. The lowest BCUT2D eigenvalue weighted by Gasteiger charge is -1.99. The molecule has 0 aliphatic heterocycles. The number of halogens is 1. The number of hydrogen-bond acceptors (Lipinski definition) is 2. The van der Waals surface area contributed by atoms with E-state index in [1.165, 1.54) is 0 Å². The van der Waals surface area contributed by atoms with Gasteiger partial charge in [0.2, 0.25) is 0 Å². The standard InChI is InChI=1S/C11H10ClN3/c12-9-3-1-4-10(7-9)15-14-8-11-5-2-6-13-11/h1-8,13,15H. The lowest BCUT2D eigenvalue weighted by Crippen LogP contribution is -1.90. The predicted octanol–water partition coefficient (Wildman–Crippen LogP) is 3.11. The summed E-state index contributed by atoms with van der Waals surface area (Å²) in [6, 6.07) is 11.3. The van der Waals surface area contributed by atoms with Crippen molar-refractivity contribution in [1.82, 2.24) is 4.98 Å². The van der Waals surface area contributed by atoms with Crippen LogP contribution in [0.3, 0.4) is 0 Å². The first-order valence-electron chi connectivity index (χ1n) is 4.52. The van der Waals surface area contributed by atoms with Gasteiger partial charge in [-0.3, -0.25) is 5.43 Å². The minimum atomic E-state index is 0.690. The number of benzene rings is 1. The van der Waals surface area contributed by atoms with Crippen LogP contribution in [-0.2, 0) is 0 Å². The zero-order chi connectivity index (χ0) is 10.5. The van der Waals surface area contributed by atoms with Gasteiger partial charge < -0.3 is 4.98 Å². The number of aromatic amines is 1. The molecule has 1 aromatic heterocycles. The van der Waals surface area contributed by atoms with E-state index in [2.05, 4.69) is 15.5 Å². The van der Waals surface area contributed by atoms with Crippen molar-refractivity contribution in [3.63, 3.8) is 0 Å². The number of anilines is 1. The van der Waals surface area contributed by atoms with Crippen LogP contribution in [0.5, 0.6) is 0 Å². The Kier molecular flexibility index (Phi) is 3.05. The number of nitrogens with zero attached hydrogens (tertiary/aromatic N) is 1. The first-order valence-corrected chi connectivity index (χ1v) is 4.90. The summed E-state index contributed by atoms with van der Waals surface area (Å²) < 4.78 is 0. The Bertz CT molecular complexity index is 449. The van der Waals surface area contributed by atoms with Crippen LogP contribution in [0.1, 0.15) is 5.69 Å². The van der Waals surface area contributed by atoms with Gasteiger partial charge in [0.1, 0.15) is 0 Å². The van der Waals surface area contributed by atoms with Gasteiger partial charge in [-0.25, -0.2) is 0 Å². The van der Waals surface area contributed by atoms with Crippen molar-refractivity contribution in [2.75, 3.05) is 5.43 Å². The highest BCUT2D eigenvalue weighted by Gasteiger charge is 1.90. The first kappa shape index (κ1) is 9.80. The molecule has 2 N–H and O–H groups in total. The highest BCUT2D eigenvalue weighted by atomic mass is 35.5. The largest absolute Gasteiger partial charge is 0.360 e. The molecule has 0 spiro atoms. The average molecular weight is 220 g/mol. The third-order valence-electron chi connectivity index (χ3n) is 1.84. The minimum absolute atomic E-state index is 0.690. The molecule has 76 valence electrons. The smallest absolute Gasteiger partial charge is 0.0707 e. The molecule has 0 saturated heterocycles. The SMILES string of the molecule is Clc1cccc(NN=Cc2ccc[nH]2)c1. The maximum absolute atomic E-state index is 5.83. The normalized spacial score (nSPS) is 10.7. The summed E-state index contributed by atoms with van der Waals surface area (Å²) in [6.07, 6.45) is 3.56. The van der Waals surface area contributed by atoms with Crippen LogP contribution in [-0.4, -0.2) is 11.2 Å². The number of hydrazone groups is 1. The molecular weight excluding hydrogens is 210 g/mol. The number of hydrogen-bond donors (Lipinski definition) is 2. The molecular formula is C11H10ClN3. The Hall–Kier alpha value is -1.74. The summed E-state index contributed by atoms with van der Waals surface area (Å²) in [5.74, 6) is 0. The van der Waals surface area contributed by atoms with E-state index in [0.29, 0.717) is 5.02 Å². The van der Waals surface area contributed by atoms with Crippen molar-refractivity contribution in [3.05, 3.63) is 53.3 Å². The summed E-state index contributed by atoms with van der Waals surface area (Å²) in [6.45, 7) is 0. The molecule has 0 aliphatic rings. The van der Waals surface area contributed by atoms with E-state index in [1.54, 1.807) is 6.21 Å². The monoisotopic (exact) mass is 219 g/mol. The molecule has 0 radical (unpaired) electrons. The topological polar surface area (TPSA) is 40.2 Å². The summed E-state index contributed by atoms with van der Waals surface area (Å²) in [5, 5.41) is 4.75. The molecule has 1 heterocycles. The van der Waals surface area contributed by atoms with Gasteiger partial charge in [-0.2, -0.15) is 5.10 Å². The summed E-state index contributed by atoms with van der Waals surface area (Å²) >= 11 is 5.83. The van der Waals surface area contributed by atoms with Gasteiger partial charge in [0.15, 0.2) is 0 Å². The van der Waals surface area contributed by atoms with Crippen molar-refractivity contribution in [3.8, 4) is 0 Å². The van der Waals surface area contributed by atoms with Crippen LogP contribution in [0, 0.1) is 0 Å². The molecule has 0 amide bonds. The van der Waals surface area contributed by atoms with Crippen molar-refractivity contribution >= 4 is 23.5 Å². The second-order valence-corrected chi connectivity index (χ2v) is 3.44. The van der Waals surface area contributed by atoms with E-state index in [4.69, 9.17) is 11.6 Å². The third-order valence-corrected chi connectivity index (χ3v) is 2.08. The maximum atomic E-state index is 5.83. The lowest BCUT2D eigenvalue weighted by atomic mass is 10.3. The molecule has 0 saturated carbocycles. The molecule has 0 unspecified atom stereocenters. The van der Waals surface area contributed by atoms with E-state index in [-0.39, 0.29) is 0 Å². The van der Waals surface area contributed by atoms with Gasteiger partial charge >= 0.3 is 0 Å². The van der Waals surface area contributed by atoms with Crippen molar-refractivity contribution in [2.45, 2.75) is 0 Å². The minimum Gasteiger partial charge on any atom is -0.360 e. The van der Waals surface area contributed by atoms with Crippen LogP contribution in [0.2, 0.25) is 5.02 Å². The Morgan fingerprint density at radius 1 is 1.27 bits per heavy atom. The molecule has 2 aromatic rings. The van der Waals surface area contributed by atoms with Crippen molar-refractivity contribution in [1.29, 1.82) is 0 Å². The number of H-pyrrole nitrogens is 1. The summed E-state index contributed by atoms with van der Waals surface area (Å²) in [5.41, 5.74) is 4.70. The van der Waals surface area contributed by atoms with Crippen molar-refractivity contribution < 1.29 is 0 Å². The quantitative estimate of drug-likeness (QED) is 0.604. The molecule has 0 bridgehead atoms. The Balaban J connectivity index is 1.99. The van der Waals surface area contributed by atoms with E-state index < -0.39 is 0 Å². The fraction of sp³-hybridized carbons (Fsp3) is 0. The zero-order valence-corrected chi connectivity index (χ0v) is 8.70. The first-order chi connectivity index (χ1) is 7.34. The van der Waals surface area contributed by atoms with E-state index in [9.17, 15) is 0 Å². The second kappa shape index (κ2) is 4.66. The lowest BCUT2D eigenvalue weighted by molar-refractivity contribution is 1.32. The third kappa shape index (κ3) is 2.86.